The zero-order valence-electron chi connectivity index (χ0n) is 9.22. The van der Waals surface area contributed by atoms with Crippen molar-refractivity contribution in [3.8, 4) is 0 Å². The number of hydrogen-bond acceptors (Lipinski definition) is 3. The fraction of sp³-hybridized carbons (Fsp3) is 0.667. The molecule has 1 aromatic rings. The molecule has 0 amide bonds. The first kappa shape index (κ1) is 11.1. The first-order valence-electron chi connectivity index (χ1n) is 5.67. The molecule has 0 radical (unpaired) electrons. The minimum absolute atomic E-state index is 0.157. The molecule has 3 heteroatoms. The smallest absolute Gasteiger partial charge is 0.0552 e. The third-order valence-electron chi connectivity index (χ3n) is 3.21. The van der Waals surface area contributed by atoms with Gasteiger partial charge in [0.05, 0.1) is 6.10 Å². The van der Waals surface area contributed by atoms with Gasteiger partial charge in [-0.25, -0.2) is 0 Å². The van der Waals surface area contributed by atoms with Crippen molar-refractivity contribution in [3.63, 3.8) is 0 Å². The van der Waals surface area contributed by atoms with Crippen molar-refractivity contribution in [2.75, 3.05) is 13.1 Å². The van der Waals surface area contributed by atoms with Crippen molar-refractivity contribution in [1.29, 1.82) is 0 Å². The molecular formula is C12H19NOS. The lowest BCUT2D eigenvalue weighted by Gasteiger charge is -2.33. The van der Waals surface area contributed by atoms with Gasteiger partial charge in [0.15, 0.2) is 0 Å². The second-order valence-corrected chi connectivity index (χ2v) is 5.29. The van der Waals surface area contributed by atoms with Crippen LogP contribution >= 0.6 is 11.3 Å². The van der Waals surface area contributed by atoms with Crippen LogP contribution < -0.4 is 0 Å². The topological polar surface area (TPSA) is 23.5 Å². The Hall–Kier alpha value is -0.380. The Morgan fingerprint density at radius 2 is 2.53 bits per heavy atom. The SMILES string of the molecule is C[C@@H](O)[C@H]1CCCN(Cc2ccsc2)C1. The zero-order valence-corrected chi connectivity index (χ0v) is 10.0. The lowest BCUT2D eigenvalue weighted by atomic mass is 9.93. The Labute approximate surface area is 95.5 Å². The lowest BCUT2D eigenvalue weighted by molar-refractivity contribution is 0.0599. The lowest BCUT2D eigenvalue weighted by Crippen LogP contribution is -2.38. The molecule has 84 valence electrons. The molecule has 1 N–H and O–H groups in total. The number of thiophene rings is 1. The molecular weight excluding hydrogens is 206 g/mol. The molecule has 2 rings (SSSR count). The number of rotatable bonds is 3. The van der Waals surface area contributed by atoms with E-state index in [2.05, 4.69) is 21.7 Å². The molecule has 1 saturated heterocycles. The quantitative estimate of drug-likeness (QED) is 0.853. The van der Waals surface area contributed by atoms with E-state index in [4.69, 9.17) is 0 Å². The van der Waals surface area contributed by atoms with Gasteiger partial charge in [0.2, 0.25) is 0 Å². The van der Waals surface area contributed by atoms with Crippen LogP contribution in [0.1, 0.15) is 25.3 Å². The summed E-state index contributed by atoms with van der Waals surface area (Å²) >= 11 is 1.76. The summed E-state index contributed by atoms with van der Waals surface area (Å²) in [6.45, 7) is 5.19. The highest BCUT2D eigenvalue weighted by Crippen LogP contribution is 2.21. The number of aliphatic hydroxyl groups is 1. The summed E-state index contributed by atoms with van der Waals surface area (Å²) in [6, 6.07) is 2.19. The highest BCUT2D eigenvalue weighted by Gasteiger charge is 2.23. The van der Waals surface area contributed by atoms with Gasteiger partial charge in [-0.1, -0.05) is 0 Å². The number of hydrogen-bond donors (Lipinski definition) is 1. The van der Waals surface area contributed by atoms with Gasteiger partial charge in [-0.3, -0.25) is 4.90 Å². The van der Waals surface area contributed by atoms with E-state index >= 15 is 0 Å². The molecule has 0 aromatic carbocycles. The normalized spacial score (nSPS) is 25.3. The van der Waals surface area contributed by atoms with E-state index in [0.29, 0.717) is 5.92 Å². The minimum atomic E-state index is -0.157. The van der Waals surface area contributed by atoms with E-state index in [-0.39, 0.29) is 6.10 Å². The van der Waals surface area contributed by atoms with Crippen LogP contribution in [0.25, 0.3) is 0 Å². The molecule has 15 heavy (non-hydrogen) atoms. The van der Waals surface area contributed by atoms with Crippen LogP contribution in [-0.4, -0.2) is 29.2 Å². The summed E-state index contributed by atoms with van der Waals surface area (Å²) in [7, 11) is 0. The number of piperidine rings is 1. The van der Waals surface area contributed by atoms with E-state index in [1.54, 1.807) is 11.3 Å². The van der Waals surface area contributed by atoms with Crippen molar-refractivity contribution >= 4 is 11.3 Å². The number of likely N-dealkylation sites (tertiary alicyclic amines) is 1. The van der Waals surface area contributed by atoms with E-state index in [0.717, 1.165) is 13.1 Å². The summed E-state index contributed by atoms with van der Waals surface area (Å²) in [4.78, 5) is 2.46. The summed E-state index contributed by atoms with van der Waals surface area (Å²) in [5, 5.41) is 13.9. The van der Waals surface area contributed by atoms with Gasteiger partial charge in [-0.05, 0) is 54.6 Å². The highest BCUT2D eigenvalue weighted by atomic mass is 32.1. The summed E-state index contributed by atoms with van der Waals surface area (Å²) < 4.78 is 0. The maximum atomic E-state index is 9.60. The molecule has 0 aliphatic carbocycles. The van der Waals surface area contributed by atoms with E-state index in [1.807, 2.05) is 6.92 Å². The number of nitrogens with zero attached hydrogens (tertiary/aromatic N) is 1. The standard InChI is InChI=1S/C12H19NOS/c1-10(14)12-3-2-5-13(8-12)7-11-4-6-15-9-11/h4,6,9-10,12,14H,2-3,5,7-8H2,1H3/t10-,12+/m1/s1. The fourth-order valence-corrected chi connectivity index (χ4v) is 2.93. The Kier molecular flexibility index (Phi) is 3.78. The maximum absolute atomic E-state index is 9.60. The average molecular weight is 225 g/mol. The molecule has 0 unspecified atom stereocenters. The largest absolute Gasteiger partial charge is 0.393 e. The monoisotopic (exact) mass is 225 g/mol. The second kappa shape index (κ2) is 5.10. The van der Waals surface area contributed by atoms with Gasteiger partial charge >= 0.3 is 0 Å². The van der Waals surface area contributed by atoms with Crippen molar-refractivity contribution < 1.29 is 5.11 Å². The molecule has 1 aromatic heterocycles. The van der Waals surface area contributed by atoms with Crippen LogP contribution in [0.2, 0.25) is 0 Å². The van der Waals surface area contributed by atoms with E-state index in [1.165, 1.54) is 24.9 Å². The van der Waals surface area contributed by atoms with Crippen molar-refractivity contribution in [2.45, 2.75) is 32.4 Å². The van der Waals surface area contributed by atoms with Crippen LogP contribution in [-0.2, 0) is 6.54 Å². The first-order chi connectivity index (χ1) is 7.25. The van der Waals surface area contributed by atoms with Crippen molar-refractivity contribution in [1.82, 2.24) is 4.90 Å². The molecule has 1 fully saturated rings. The minimum Gasteiger partial charge on any atom is -0.393 e. The van der Waals surface area contributed by atoms with Crippen LogP contribution in [0.15, 0.2) is 16.8 Å². The van der Waals surface area contributed by atoms with Gasteiger partial charge in [0, 0.05) is 13.1 Å². The summed E-state index contributed by atoms with van der Waals surface area (Å²) in [5.41, 5.74) is 1.41. The van der Waals surface area contributed by atoms with Gasteiger partial charge in [-0.2, -0.15) is 11.3 Å². The van der Waals surface area contributed by atoms with E-state index in [9.17, 15) is 5.11 Å². The van der Waals surface area contributed by atoms with Crippen molar-refractivity contribution in [2.24, 2.45) is 5.92 Å². The van der Waals surface area contributed by atoms with Gasteiger partial charge in [0.25, 0.3) is 0 Å². The fourth-order valence-electron chi connectivity index (χ4n) is 2.27. The zero-order chi connectivity index (χ0) is 10.7. The van der Waals surface area contributed by atoms with Crippen LogP contribution in [0.5, 0.6) is 0 Å². The molecule has 0 spiro atoms. The highest BCUT2D eigenvalue weighted by molar-refractivity contribution is 7.07. The molecule has 2 nitrogen and oxygen atoms in total. The predicted octanol–water partition coefficient (Wildman–Crippen LogP) is 2.34. The molecule has 1 aliphatic heterocycles. The number of aliphatic hydroxyl groups excluding tert-OH is 1. The molecule has 1 aliphatic rings. The van der Waals surface area contributed by atoms with E-state index < -0.39 is 0 Å². The Bertz CT molecular complexity index is 284. The van der Waals surface area contributed by atoms with Gasteiger partial charge < -0.3 is 5.11 Å². The van der Waals surface area contributed by atoms with Crippen LogP contribution in [0, 0.1) is 5.92 Å². The average Bonchev–Trinajstić information content (AvgIpc) is 2.71. The van der Waals surface area contributed by atoms with Crippen LogP contribution in [0.4, 0.5) is 0 Å². The second-order valence-electron chi connectivity index (χ2n) is 4.51. The third kappa shape index (κ3) is 3.03. The van der Waals surface area contributed by atoms with Gasteiger partial charge in [0.1, 0.15) is 0 Å². The molecule has 0 bridgehead atoms. The maximum Gasteiger partial charge on any atom is 0.0552 e. The molecule has 2 atom stereocenters. The Morgan fingerprint density at radius 1 is 1.67 bits per heavy atom. The first-order valence-corrected chi connectivity index (χ1v) is 6.61. The summed E-state index contributed by atoms with van der Waals surface area (Å²) in [6.07, 6.45) is 2.24. The molecule has 2 heterocycles. The molecule has 0 saturated carbocycles. The summed E-state index contributed by atoms with van der Waals surface area (Å²) in [5.74, 6) is 0.470. The predicted molar refractivity (Wildman–Crippen MR) is 64.0 cm³/mol. The van der Waals surface area contributed by atoms with Crippen LogP contribution in [0.3, 0.4) is 0 Å². The van der Waals surface area contributed by atoms with Crippen molar-refractivity contribution in [3.05, 3.63) is 22.4 Å². The van der Waals surface area contributed by atoms with Gasteiger partial charge in [-0.15, -0.1) is 0 Å². The third-order valence-corrected chi connectivity index (χ3v) is 3.94. The Morgan fingerprint density at radius 3 is 3.20 bits per heavy atom. The Balaban J connectivity index is 1.88.